The molecule has 2 aromatic carbocycles. The van der Waals surface area contributed by atoms with Crippen LogP contribution in [0.3, 0.4) is 0 Å². The van der Waals surface area contributed by atoms with E-state index in [1.165, 1.54) is 5.56 Å². The Hall–Kier alpha value is -2.46. The van der Waals surface area contributed by atoms with Crippen LogP contribution >= 0.6 is 11.6 Å². The van der Waals surface area contributed by atoms with Crippen molar-refractivity contribution in [3.05, 3.63) is 64.8 Å². The summed E-state index contributed by atoms with van der Waals surface area (Å²) in [6, 6.07) is 15.3. The highest BCUT2D eigenvalue weighted by molar-refractivity contribution is 6.30. The second-order valence-corrected chi connectivity index (χ2v) is 6.60. The van der Waals surface area contributed by atoms with Gasteiger partial charge in [-0.2, -0.15) is 0 Å². The van der Waals surface area contributed by atoms with Crippen molar-refractivity contribution < 1.29 is 9.53 Å². The Bertz CT molecular complexity index is 888. The molecule has 1 amide bonds. The van der Waals surface area contributed by atoms with Gasteiger partial charge in [-0.05, 0) is 49.2 Å². The molecule has 130 valence electrons. The van der Waals surface area contributed by atoms with Gasteiger partial charge in [0.2, 0.25) is 0 Å². The average Bonchev–Trinajstić information content (AvgIpc) is 3.01. The van der Waals surface area contributed by atoms with Gasteiger partial charge in [0.15, 0.2) is 0 Å². The quantitative estimate of drug-likeness (QED) is 0.652. The second kappa shape index (κ2) is 7.62. The van der Waals surface area contributed by atoms with Gasteiger partial charge < -0.3 is 14.6 Å². The van der Waals surface area contributed by atoms with Gasteiger partial charge in [0.25, 0.3) is 5.91 Å². The number of nitrogens with zero attached hydrogens (tertiary/aromatic N) is 1. The SMILES string of the molecule is Cc1ccc2cc(C(=O)N(C)CCCOc3cccc(Cl)c3)[nH]c2c1. The van der Waals surface area contributed by atoms with Crippen molar-refractivity contribution in [2.45, 2.75) is 13.3 Å². The summed E-state index contributed by atoms with van der Waals surface area (Å²) in [5.41, 5.74) is 2.76. The van der Waals surface area contributed by atoms with Gasteiger partial charge in [0.05, 0.1) is 6.61 Å². The number of halogens is 1. The van der Waals surface area contributed by atoms with E-state index in [2.05, 4.69) is 4.98 Å². The third kappa shape index (κ3) is 4.34. The molecule has 3 aromatic rings. The van der Waals surface area contributed by atoms with Crippen molar-refractivity contribution in [2.75, 3.05) is 20.2 Å². The molecule has 0 bridgehead atoms. The van der Waals surface area contributed by atoms with E-state index in [1.54, 1.807) is 18.0 Å². The summed E-state index contributed by atoms with van der Waals surface area (Å²) in [5.74, 6) is 0.726. The molecule has 1 heterocycles. The third-order valence-corrected chi connectivity index (χ3v) is 4.29. The van der Waals surface area contributed by atoms with Crippen LogP contribution in [0, 0.1) is 6.92 Å². The minimum absolute atomic E-state index is 0.0170. The molecule has 0 saturated carbocycles. The Morgan fingerprint density at radius 3 is 2.84 bits per heavy atom. The number of ether oxygens (including phenoxy) is 1. The summed E-state index contributed by atoms with van der Waals surface area (Å²) >= 11 is 5.92. The molecule has 0 aliphatic carbocycles. The van der Waals surface area contributed by atoms with E-state index in [4.69, 9.17) is 16.3 Å². The van der Waals surface area contributed by atoms with Gasteiger partial charge >= 0.3 is 0 Å². The number of benzene rings is 2. The van der Waals surface area contributed by atoms with Crippen molar-refractivity contribution in [2.24, 2.45) is 0 Å². The first-order valence-corrected chi connectivity index (χ1v) is 8.64. The number of aryl methyl sites for hydroxylation is 1. The molecule has 0 saturated heterocycles. The number of rotatable bonds is 6. The van der Waals surface area contributed by atoms with Crippen molar-refractivity contribution in [3.8, 4) is 5.75 Å². The fourth-order valence-electron chi connectivity index (χ4n) is 2.71. The van der Waals surface area contributed by atoms with Crippen LogP contribution in [-0.2, 0) is 0 Å². The molecule has 0 spiro atoms. The number of nitrogens with one attached hydrogen (secondary N) is 1. The summed E-state index contributed by atoms with van der Waals surface area (Å²) in [7, 11) is 1.80. The van der Waals surface area contributed by atoms with Crippen LogP contribution in [0.25, 0.3) is 10.9 Å². The number of H-pyrrole nitrogens is 1. The minimum Gasteiger partial charge on any atom is -0.493 e. The Morgan fingerprint density at radius 1 is 1.20 bits per heavy atom. The van der Waals surface area contributed by atoms with Gasteiger partial charge in [0, 0.05) is 29.5 Å². The zero-order valence-electron chi connectivity index (χ0n) is 14.4. The number of hydrogen-bond donors (Lipinski definition) is 1. The molecule has 0 radical (unpaired) electrons. The lowest BCUT2D eigenvalue weighted by molar-refractivity contribution is 0.0783. The van der Waals surface area contributed by atoms with Crippen LogP contribution in [0.1, 0.15) is 22.5 Å². The summed E-state index contributed by atoms with van der Waals surface area (Å²) < 4.78 is 5.65. The molecule has 3 rings (SSSR count). The van der Waals surface area contributed by atoms with E-state index in [9.17, 15) is 4.79 Å². The van der Waals surface area contributed by atoms with E-state index in [0.29, 0.717) is 23.9 Å². The molecule has 25 heavy (non-hydrogen) atoms. The number of aromatic amines is 1. The van der Waals surface area contributed by atoms with Crippen LogP contribution in [0.4, 0.5) is 0 Å². The zero-order chi connectivity index (χ0) is 17.8. The van der Waals surface area contributed by atoms with Crippen LogP contribution in [0.15, 0.2) is 48.5 Å². The monoisotopic (exact) mass is 356 g/mol. The van der Waals surface area contributed by atoms with E-state index in [0.717, 1.165) is 23.1 Å². The lowest BCUT2D eigenvalue weighted by Crippen LogP contribution is -2.28. The molecule has 0 atom stereocenters. The number of hydrogen-bond acceptors (Lipinski definition) is 2. The van der Waals surface area contributed by atoms with Gasteiger partial charge in [-0.3, -0.25) is 4.79 Å². The summed E-state index contributed by atoms with van der Waals surface area (Å²) in [4.78, 5) is 17.5. The number of aromatic nitrogens is 1. The smallest absolute Gasteiger partial charge is 0.270 e. The van der Waals surface area contributed by atoms with E-state index in [-0.39, 0.29) is 5.91 Å². The topological polar surface area (TPSA) is 45.3 Å². The normalized spacial score (nSPS) is 10.8. The van der Waals surface area contributed by atoms with Gasteiger partial charge in [-0.1, -0.05) is 29.8 Å². The van der Waals surface area contributed by atoms with Gasteiger partial charge in [0.1, 0.15) is 11.4 Å². The molecular weight excluding hydrogens is 336 g/mol. The average molecular weight is 357 g/mol. The Balaban J connectivity index is 1.53. The van der Waals surface area contributed by atoms with Gasteiger partial charge in [-0.15, -0.1) is 0 Å². The maximum absolute atomic E-state index is 12.5. The Morgan fingerprint density at radius 2 is 2.04 bits per heavy atom. The first-order chi connectivity index (χ1) is 12.0. The molecule has 0 aliphatic rings. The summed E-state index contributed by atoms with van der Waals surface area (Å²) in [6.45, 7) is 3.19. The first kappa shape index (κ1) is 17.4. The highest BCUT2D eigenvalue weighted by Crippen LogP contribution is 2.19. The molecule has 0 fully saturated rings. The van der Waals surface area contributed by atoms with Crippen LogP contribution in [0.2, 0.25) is 5.02 Å². The van der Waals surface area contributed by atoms with E-state index >= 15 is 0 Å². The Labute approximate surface area is 152 Å². The molecular formula is C20H21ClN2O2. The molecule has 0 unspecified atom stereocenters. The number of amides is 1. The number of fused-ring (bicyclic) bond motifs is 1. The van der Waals surface area contributed by atoms with Crippen LogP contribution in [-0.4, -0.2) is 36.0 Å². The summed E-state index contributed by atoms with van der Waals surface area (Å²) in [5, 5.41) is 1.70. The second-order valence-electron chi connectivity index (χ2n) is 6.16. The molecule has 4 nitrogen and oxygen atoms in total. The minimum atomic E-state index is -0.0170. The molecule has 1 aromatic heterocycles. The maximum Gasteiger partial charge on any atom is 0.270 e. The van der Waals surface area contributed by atoms with E-state index < -0.39 is 0 Å². The number of carbonyl (C=O) groups excluding carboxylic acids is 1. The lowest BCUT2D eigenvalue weighted by Gasteiger charge is -2.16. The predicted octanol–water partition coefficient (Wildman–Crippen LogP) is 4.67. The predicted molar refractivity (Wildman–Crippen MR) is 102 cm³/mol. The molecule has 5 heteroatoms. The van der Waals surface area contributed by atoms with Crippen LogP contribution in [0.5, 0.6) is 5.75 Å². The first-order valence-electron chi connectivity index (χ1n) is 8.26. The highest BCUT2D eigenvalue weighted by Gasteiger charge is 2.14. The van der Waals surface area contributed by atoms with E-state index in [1.807, 2.05) is 49.4 Å². The highest BCUT2D eigenvalue weighted by atomic mass is 35.5. The number of carbonyl (C=O) groups is 1. The maximum atomic E-state index is 12.5. The standard InChI is InChI=1S/C20H21ClN2O2/c1-14-7-8-15-12-19(22-18(15)11-14)20(24)23(2)9-4-10-25-17-6-3-5-16(21)13-17/h3,5-8,11-13,22H,4,9-10H2,1-2H3. The van der Waals surface area contributed by atoms with Crippen molar-refractivity contribution in [1.82, 2.24) is 9.88 Å². The molecule has 0 aliphatic heterocycles. The van der Waals surface area contributed by atoms with Crippen molar-refractivity contribution >= 4 is 28.4 Å². The third-order valence-electron chi connectivity index (χ3n) is 4.06. The lowest BCUT2D eigenvalue weighted by atomic mass is 10.2. The Kier molecular flexibility index (Phi) is 5.29. The van der Waals surface area contributed by atoms with Crippen molar-refractivity contribution in [3.63, 3.8) is 0 Å². The largest absolute Gasteiger partial charge is 0.493 e. The summed E-state index contributed by atoms with van der Waals surface area (Å²) in [6.07, 6.45) is 0.744. The van der Waals surface area contributed by atoms with Crippen LogP contribution < -0.4 is 4.74 Å². The van der Waals surface area contributed by atoms with Crippen molar-refractivity contribution in [1.29, 1.82) is 0 Å². The zero-order valence-corrected chi connectivity index (χ0v) is 15.1. The van der Waals surface area contributed by atoms with Gasteiger partial charge in [-0.25, -0.2) is 0 Å². The fraction of sp³-hybridized carbons (Fsp3) is 0.250. The molecule has 1 N–H and O–H groups in total. The fourth-order valence-corrected chi connectivity index (χ4v) is 2.89.